The first-order valence-electron chi connectivity index (χ1n) is 4.90. The van der Waals surface area contributed by atoms with E-state index in [1.54, 1.807) is 7.11 Å². The molecule has 0 aromatic heterocycles. The second-order valence-electron chi connectivity index (χ2n) is 4.36. The highest BCUT2D eigenvalue weighted by atomic mass is 16.5. The molecule has 1 heterocycles. The van der Waals surface area contributed by atoms with Crippen LogP contribution in [0.1, 0.15) is 25.0 Å². The molecule has 1 aromatic rings. The van der Waals surface area contributed by atoms with Crippen LogP contribution < -0.4 is 4.74 Å². The lowest BCUT2D eigenvalue weighted by atomic mass is 9.92. The van der Waals surface area contributed by atoms with Crippen LogP contribution in [0.15, 0.2) is 18.2 Å². The molecule has 2 rings (SSSR count). The van der Waals surface area contributed by atoms with Gasteiger partial charge >= 0.3 is 0 Å². The molecule has 0 atom stereocenters. The molecule has 14 heavy (non-hydrogen) atoms. The zero-order chi connectivity index (χ0) is 10.2. The highest BCUT2D eigenvalue weighted by Crippen LogP contribution is 2.29. The largest absolute Gasteiger partial charge is 0.497 e. The Morgan fingerprint density at radius 1 is 1.29 bits per heavy atom. The van der Waals surface area contributed by atoms with Crippen LogP contribution in [0.3, 0.4) is 0 Å². The SMILES string of the molecule is COc1ccc2c(c1)CC(C)(C)OC2. The lowest BCUT2D eigenvalue weighted by molar-refractivity contribution is -0.0401. The van der Waals surface area contributed by atoms with Gasteiger partial charge in [0.1, 0.15) is 5.75 Å². The molecule has 2 nitrogen and oxygen atoms in total. The molecule has 0 aliphatic carbocycles. The summed E-state index contributed by atoms with van der Waals surface area (Å²) in [5.41, 5.74) is 2.59. The first-order chi connectivity index (χ1) is 6.61. The Morgan fingerprint density at radius 2 is 2.07 bits per heavy atom. The summed E-state index contributed by atoms with van der Waals surface area (Å²) in [6.07, 6.45) is 0.958. The van der Waals surface area contributed by atoms with E-state index in [-0.39, 0.29) is 5.60 Å². The van der Waals surface area contributed by atoms with E-state index >= 15 is 0 Å². The monoisotopic (exact) mass is 192 g/mol. The lowest BCUT2D eigenvalue weighted by Crippen LogP contribution is -2.31. The molecule has 0 saturated heterocycles. The van der Waals surface area contributed by atoms with Gasteiger partial charge in [-0.3, -0.25) is 0 Å². The maximum Gasteiger partial charge on any atom is 0.119 e. The average molecular weight is 192 g/mol. The smallest absolute Gasteiger partial charge is 0.119 e. The fourth-order valence-electron chi connectivity index (χ4n) is 1.82. The topological polar surface area (TPSA) is 18.5 Å². The third kappa shape index (κ3) is 1.75. The van der Waals surface area contributed by atoms with E-state index < -0.39 is 0 Å². The molecule has 2 heteroatoms. The summed E-state index contributed by atoms with van der Waals surface area (Å²) in [6.45, 7) is 4.96. The van der Waals surface area contributed by atoms with Gasteiger partial charge < -0.3 is 9.47 Å². The fraction of sp³-hybridized carbons (Fsp3) is 0.500. The van der Waals surface area contributed by atoms with Crippen molar-refractivity contribution >= 4 is 0 Å². The van der Waals surface area contributed by atoms with Gasteiger partial charge in [0.05, 0.1) is 19.3 Å². The van der Waals surface area contributed by atoms with Crippen molar-refractivity contribution in [1.29, 1.82) is 0 Å². The summed E-state index contributed by atoms with van der Waals surface area (Å²) in [5, 5.41) is 0. The quantitative estimate of drug-likeness (QED) is 0.680. The van der Waals surface area contributed by atoms with E-state index in [4.69, 9.17) is 9.47 Å². The van der Waals surface area contributed by atoms with Gasteiger partial charge in [0.2, 0.25) is 0 Å². The molecule has 1 aliphatic heterocycles. The number of benzene rings is 1. The van der Waals surface area contributed by atoms with E-state index in [0.717, 1.165) is 12.2 Å². The first kappa shape index (κ1) is 9.53. The summed E-state index contributed by atoms with van der Waals surface area (Å²) in [6, 6.07) is 6.18. The Hall–Kier alpha value is -1.02. The second-order valence-corrected chi connectivity index (χ2v) is 4.36. The van der Waals surface area contributed by atoms with Gasteiger partial charge in [-0.25, -0.2) is 0 Å². The Labute approximate surface area is 84.8 Å². The predicted octanol–water partition coefficient (Wildman–Crippen LogP) is 2.55. The molecule has 0 radical (unpaired) electrons. The molecule has 0 saturated carbocycles. The van der Waals surface area contributed by atoms with Crippen LogP contribution in [-0.2, 0) is 17.8 Å². The van der Waals surface area contributed by atoms with E-state index in [9.17, 15) is 0 Å². The third-order valence-electron chi connectivity index (χ3n) is 2.65. The molecule has 1 aromatic carbocycles. The number of rotatable bonds is 1. The molecule has 0 amide bonds. The zero-order valence-electron chi connectivity index (χ0n) is 8.96. The summed E-state index contributed by atoms with van der Waals surface area (Å²) < 4.78 is 10.9. The van der Waals surface area contributed by atoms with Crippen LogP contribution in [0.4, 0.5) is 0 Å². The van der Waals surface area contributed by atoms with Crippen LogP contribution in [0, 0.1) is 0 Å². The van der Waals surface area contributed by atoms with Gasteiger partial charge in [0.25, 0.3) is 0 Å². The minimum absolute atomic E-state index is 0.0423. The molecule has 76 valence electrons. The number of hydrogen-bond acceptors (Lipinski definition) is 2. The van der Waals surface area contributed by atoms with Gasteiger partial charge in [0, 0.05) is 6.42 Å². The van der Waals surface area contributed by atoms with Gasteiger partial charge in [-0.1, -0.05) is 6.07 Å². The minimum atomic E-state index is -0.0423. The standard InChI is InChI=1S/C12H16O2/c1-12(2)7-10-6-11(13-3)5-4-9(10)8-14-12/h4-6H,7-8H2,1-3H3. The average Bonchev–Trinajstić information content (AvgIpc) is 2.15. The number of ether oxygens (including phenoxy) is 2. The fourth-order valence-corrected chi connectivity index (χ4v) is 1.82. The van der Waals surface area contributed by atoms with E-state index in [1.165, 1.54) is 11.1 Å². The molecular weight excluding hydrogens is 176 g/mol. The van der Waals surface area contributed by atoms with Gasteiger partial charge in [-0.05, 0) is 37.1 Å². The zero-order valence-corrected chi connectivity index (χ0v) is 8.96. The Bertz CT molecular complexity index is 342. The van der Waals surface area contributed by atoms with Crippen molar-refractivity contribution in [1.82, 2.24) is 0 Å². The van der Waals surface area contributed by atoms with Crippen molar-refractivity contribution in [2.45, 2.75) is 32.5 Å². The number of methoxy groups -OCH3 is 1. The van der Waals surface area contributed by atoms with Crippen molar-refractivity contribution in [3.8, 4) is 5.75 Å². The summed E-state index contributed by atoms with van der Waals surface area (Å²) in [7, 11) is 1.70. The van der Waals surface area contributed by atoms with Crippen LogP contribution in [0.5, 0.6) is 5.75 Å². The Morgan fingerprint density at radius 3 is 2.79 bits per heavy atom. The van der Waals surface area contributed by atoms with Crippen molar-refractivity contribution in [2.75, 3.05) is 7.11 Å². The first-order valence-corrected chi connectivity index (χ1v) is 4.90. The van der Waals surface area contributed by atoms with Gasteiger partial charge in [0.15, 0.2) is 0 Å². The molecule has 0 fully saturated rings. The lowest BCUT2D eigenvalue weighted by Gasteiger charge is -2.31. The maximum atomic E-state index is 5.72. The highest BCUT2D eigenvalue weighted by molar-refractivity contribution is 5.37. The molecular formula is C12H16O2. The predicted molar refractivity (Wildman–Crippen MR) is 55.6 cm³/mol. The normalized spacial score (nSPS) is 18.8. The van der Waals surface area contributed by atoms with E-state index in [0.29, 0.717) is 6.61 Å². The summed E-state index contributed by atoms with van der Waals surface area (Å²) in [4.78, 5) is 0. The second kappa shape index (κ2) is 3.28. The van der Waals surface area contributed by atoms with Gasteiger partial charge in [-0.15, -0.1) is 0 Å². The van der Waals surface area contributed by atoms with Gasteiger partial charge in [-0.2, -0.15) is 0 Å². The minimum Gasteiger partial charge on any atom is -0.497 e. The van der Waals surface area contributed by atoms with Crippen molar-refractivity contribution in [3.63, 3.8) is 0 Å². The van der Waals surface area contributed by atoms with Crippen LogP contribution >= 0.6 is 0 Å². The highest BCUT2D eigenvalue weighted by Gasteiger charge is 2.25. The molecule has 1 aliphatic rings. The summed E-state index contributed by atoms with van der Waals surface area (Å²) >= 11 is 0. The number of hydrogen-bond donors (Lipinski definition) is 0. The van der Waals surface area contributed by atoms with E-state index in [2.05, 4.69) is 26.0 Å². The summed E-state index contributed by atoms with van der Waals surface area (Å²) in [5.74, 6) is 0.932. The van der Waals surface area contributed by atoms with Crippen LogP contribution in [0.25, 0.3) is 0 Å². The third-order valence-corrected chi connectivity index (χ3v) is 2.65. The van der Waals surface area contributed by atoms with Crippen molar-refractivity contribution in [2.24, 2.45) is 0 Å². The van der Waals surface area contributed by atoms with Crippen LogP contribution in [0.2, 0.25) is 0 Å². The Balaban J connectivity index is 2.34. The molecule has 0 spiro atoms. The van der Waals surface area contributed by atoms with Crippen LogP contribution in [-0.4, -0.2) is 12.7 Å². The van der Waals surface area contributed by atoms with E-state index in [1.807, 2.05) is 6.07 Å². The molecule has 0 N–H and O–H groups in total. The number of fused-ring (bicyclic) bond motifs is 1. The van der Waals surface area contributed by atoms with Crippen molar-refractivity contribution in [3.05, 3.63) is 29.3 Å². The molecule has 0 unspecified atom stereocenters. The maximum absolute atomic E-state index is 5.72. The Kier molecular flexibility index (Phi) is 2.23. The van der Waals surface area contributed by atoms with Crippen molar-refractivity contribution < 1.29 is 9.47 Å². The molecule has 0 bridgehead atoms.